The Morgan fingerprint density at radius 2 is 1.62 bits per heavy atom. The number of ether oxygens (including phenoxy) is 4. The van der Waals surface area contributed by atoms with Gasteiger partial charge in [0, 0.05) is 30.9 Å². The van der Waals surface area contributed by atoms with Crippen molar-refractivity contribution in [3.63, 3.8) is 0 Å². The van der Waals surface area contributed by atoms with Crippen LogP contribution in [0.2, 0.25) is 0 Å². The number of halogens is 1. The fourth-order valence-corrected chi connectivity index (χ4v) is 7.04. The number of hydrogen-bond donors (Lipinski definition) is 3. The molecule has 0 unspecified atom stereocenters. The van der Waals surface area contributed by atoms with Gasteiger partial charge in [-0.15, -0.1) is 0 Å². The van der Waals surface area contributed by atoms with Gasteiger partial charge in [-0.3, -0.25) is 9.59 Å². The first-order valence-electron chi connectivity index (χ1n) is 17.0. The summed E-state index contributed by atoms with van der Waals surface area (Å²) >= 11 is 0. The minimum Gasteiger partial charge on any atom is -0.457 e. The number of methoxy groups -OCH3 is 1. The summed E-state index contributed by atoms with van der Waals surface area (Å²) in [6, 6.07) is -0.354. The molecule has 0 bridgehead atoms. The van der Waals surface area contributed by atoms with Crippen molar-refractivity contribution < 1.29 is 53.0 Å². The number of Topliss-reactive ketones (excluding diaryl/α,β-unsaturated/α-hetero) is 2. The number of ketones is 2. The van der Waals surface area contributed by atoms with Crippen molar-refractivity contribution in [2.45, 2.75) is 162 Å². The van der Waals surface area contributed by atoms with E-state index in [0.29, 0.717) is 13.0 Å². The zero-order valence-corrected chi connectivity index (χ0v) is 30.8. The van der Waals surface area contributed by atoms with E-state index in [-0.39, 0.29) is 30.4 Å². The lowest BCUT2D eigenvalue weighted by Gasteiger charge is -2.47. The highest BCUT2D eigenvalue weighted by atomic mass is 19.1. The fourth-order valence-electron chi connectivity index (χ4n) is 7.04. The van der Waals surface area contributed by atoms with Crippen molar-refractivity contribution in [1.29, 1.82) is 0 Å². The molecule has 13 atom stereocenters. The van der Waals surface area contributed by atoms with Crippen LogP contribution in [0.15, 0.2) is 0 Å². The Bertz CT molecular complexity index is 1090. The maximum Gasteiger partial charge on any atom is 0.351 e. The number of hydrogen-bond acceptors (Lipinski definition) is 11. The van der Waals surface area contributed by atoms with Crippen LogP contribution in [-0.2, 0) is 33.3 Å². The number of nitrogens with zero attached hydrogens (tertiary/aromatic N) is 1. The van der Waals surface area contributed by atoms with E-state index in [0.717, 1.165) is 13.3 Å². The summed E-state index contributed by atoms with van der Waals surface area (Å²) in [4.78, 5) is 42.9. The van der Waals surface area contributed by atoms with Crippen molar-refractivity contribution in [2.24, 2.45) is 23.2 Å². The molecule has 0 aromatic heterocycles. The lowest BCUT2D eigenvalue weighted by atomic mass is 9.74. The molecule has 0 saturated carbocycles. The van der Waals surface area contributed by atoms with Gasteiger partial charge in [-0.1, -0.05) is 48.5 Å². The van der Waals surface area contributed by atoms with Gasteiger partial charge in [0.15, 0.2) is 12.1 Å². The molecule has 3 N–H and O–H groups in total. The van der Waals surface area contributed by atoms with Gasteiger partial charge in [-0.25, -0.2) is 9.18 Å². The van der Waals surface area contributed by atoms with Crippen LogP contribution in [0.25, 0.3) is 0 Å². The molecule has 12 heteroatoms. The second-order valence-electron chi connectivity index (χ2n) is 15.9. The zero-order chi connectivity index (χ0) is 36.4. The molecule has 0 amide bonds. The molecule has 47 heavy (non-hydrogen) atoms. The van der Waals surface area contributed by atoms with Crippen LogP contribution < -0.4 is 0 Å². The van der Waals surface area contributed by atoms with Gasteiger partial charge in [0.25, 0.3) is 5.67 Å². The van der Waals surface area contributed by atoms with Gasteiger partial charge >= 0.3 is 5.97 Å². The topological polar surface area (TPSA) is 152 Å². The van der Waals surface area contributed by atoms with Crippen LogP contribution in [0.4, 0.5) is 4.39 Å². The fraction of sp³-hybridized carbons (Fsp3) is 0.914. The molecule has 11 nitrogen and oxygen atoms in total. The summed E-state index contributed by atoms with van der Waals surface area (Å²) in [5, 5.41) is 34.0. The molecule has 0 aliphatic carbocycles. The third kappa shape index (κ3) is 9.38. The van der Waals surface area contributed by atoms with Gasteiger partial charge in [0.2, 0.25) is 0 Å². The van der Waals surface area contributed by atoms with Crippen LogP contribution in [0.5, 0.6) is 0 Å². The molecular formula is C35H62FNO10. The van der Waals surface area contributed by atoms with Crippen LogP contribution in [-0.4, -0.2) is 118 Å². The molecule has 2 aliphatic rings. The highest BCUT2D eigenvalue weighted by Gasteiger charge is 2.56. The van der Waals surface area contributed by atoms with E-state index >= 15 is 4.39 Å². The average molecular weight is 676 g/mol. The number of alkyl halides is 1. The number of aliphatic hydroxyl groups is 3. The highest BCUT2D eigenvalue weighted by molar-refractivity contribution is 6.07. The molecule has 2 aliphatic heterocycles. The van der Waals surface area contributed by atoms with Crippen LogP contribution >= 0.6 is 0 Å². The Hall–Kier alpha value is -1.54. The Morgan fingerprint density at radius 1 is 1.04 bits per heavy atom. The van der Waals surface area contributed by atoms with E-state index < -0.39 is 82.9 Å². The lowest BCUT2D eigenvalue weighted by Crippen LogP contribution is -2.61. The number of likely N-dealkylation sites (N-methyl/N-ethyl adjacent to an activating group) is 1. The number of esters is 1. The summed E-state index contributed by atoms with van der Waals surface area (Å²) in [5.74, 6) is -6.38. The van der Waals surface area contributed by atoms with Gasteiger partial charge in [-0.2, -0.15) is 0 Å². The third-order valence-corrected chi connectivity index (χ3v) is 10.4. The molecule has 2 fully saturated rings. The van der Waals surface area contributed by atoms with Crippen LogP contribution in [0.1, 0.15) is 102 Å². The molecule has 2 rings (SSSR count). The van der Waals surface area contributed by atoms with Crippen molar-refractivity contribution in [3.05, 3.63) is 0 Å². The summed E-state index contributed by atoms with van der Waals surface area (Å²) in [6.45, 7) is 18.7. The summed E-state index contributed by atoms with van der Waals surface area (Å²) in [5.41, 5.74) is -6.70. The highest BCUT2D eigenvalue weighted by Crippen LogP contribution is 2.39. The van der Waals surface area contributed by atoms with E-state index in [1.807, 2.05) is 14.0 Å². The van der Waals surface area contributed by atoms with E-state index in [4.69, 9.17) is 18.9 Å². The van der Waals surface area contributed by atoms with Crippen molar-refractivity contribution >= 4 is 17.5 Å². The first-order valence-corrected chi connectivity index (χ1v) is 17.0. The second-order valence-corrected chi connectivity index (χ2v) is 15.9. The number of aliphatic hydroxyl groups excluding tert-OH is 2. The molecule has 0 aromatic rings. The molecule has 0 spiro atoms. The Kier molecular flexibility index (Phi) is 13.8. The van der Waals surface area contributed by atoms with Crippen molar-refractivity contribution in [2.75, 3.05) is 20.7 Å². The first-order chi connectivity index (χ1) is 21.3. The summed E-state index contributed by atoms with van der Waals surface area (Å²) in [7, 11) is 3.29. The molecule has 274 valence electrons. The minimum absolute atomic E-state index is 0.0278. The van der Waals surface area contributed by atoms with E-state index in [2.05, 4.69) is 25.7 Å². The van der Waals surface area contributed by atoms with Gasteiger partial charge in [-0.05, 0) is 72.4 Å². The molecule has 0 radical (unpaired) electrons. The van der Waals surface area contributed by atoms with E-state index in [1.165, 1.54) is 27.9 Å². The molecule has 2 heterocycles. The Labute approximate surface area is 280 Å². The lowest BCUT2D eigenvalue weighted by molar-refractivity contribution is -0.296. The predicted molar refractivity (Wildman–Crippen MR) is 174 cm³/mol. The maximum atomic E-state index is 16.3. The van der Waals surface area contributed by atoms with Crippen molar-refractivity contribution in [3.8, 4) is 0 Å². The summed E-state index contributed by atoms with van der Waals surface area (Å²) < 4.78 is 40.2. The average Bonchev–Trinajstić information content (AvgIpc) is 2.99. The van der Waals surface area contributed by atoms with E-state index in [1.54, 1.807) is 20.8 Å². The van der Waals surface area contributed by atoms with Crippen molar-refractivity contribution in [1.82, 2.24) is 4.90 Å². The van der Waals surface area contributed by atoms with Gasteiger partial charge < -0.3 is 39.2 Å². The van der Waals surface area contributed by atoms with Gasteiger partial charge in [0.1, 0.15) is 23.6 Å². The van der Waals surface area contributed by atoms with E-state index in [9.17, 15) is 29.7 Å². The van der Waals surface area contributed by atoms with Crippen LogP contribution in [0, 0.1) is 23.2 Å². The standard InChI is InChI=1S/C35H62FNO10/c1-14-24-35(11,43)28(41)21(4)25(38)19(2)18-33(9,44-13)29(22(5)27(40)34(10,36)31(42)46-24)47-30-26(39)23(17-20(3)45-30)37(12)16-15-32(6,7)8/h19-24,26,28-30,39,41,43H,14-18H2,1-13H3/t19-,20-,21+,22+,23+,24-,26-,28-,29-,30+,33-,34+,35-/m1/s1. The third-order valence-electron chi connectivity index (χ3n) is 10.4. The normalized spacial score (nSPS) is 43.5. The number of carbonyl (C=O) groups excluding carboxylic acids is 3. The Morgan fingerprint density at radius 3 is 2.13 bits per heavy atom. The number of cyclic esters (lactones) is 1. The predicted octanol–water partition coefficient (Wildman–Crippen LogP) is 3.62. The minimum atomic E-state index is -3.18. The first kappa shape index (κ1) is 41.6. The quantitative estimate of drug-likeness (QED) is 0.268. The SMILES string of the molecule is CC[C@H]1OC(=O)[C@@](C)(F)C(=O)[C@H](C)[C@@H](O[C@@H]2O[C@H](C)C[C@H](N(C)CCC(C)(C)C)[C@H]2O)[C@](C)(OC)C[C@@H](C)C(=O)[C@H](C)[C@@H](O)[C@]1(C)O. The Balaban J connectivity index is 2.62. The number of rotatable bonds is 7. The largest absolute Gasteiger partial charge is 0.457 e. The molecular weight excluding hydrogens is 613 g/mol. The summed E-state index contributed by atoms with van der Waals surface area (Å²) in [6.07, 6.45) is -5.83. The number of carbonyl (C=O) groups is 3. The van der Waals surface area contributed by atoms with Crippen LogP contribution in [0.3, 0.4) is 0 Å². The molecule has 2 saturated heterocycles. The maximum absolute atomic E-state index is 16.3. The monoisotopic (exact) mass is 675 g/mol. The zero-order valence-electron chi connectivity index (χ0n) is 30.8. The second kappa shape index (κ2) is 15.6. The van der Waals surface area contributed by atoms with Gasteiger partial charge in [0.05, 0.1) is 23.9 Å². The molecule has 0 aromatic carbocycles. The smallest absolute Gasteiger partial charge is 0.351 e.